The van der Waals surface area contributed by atoms with E-state index in [0.29, 0.717) is 33.9 Å². The summed E-state index contributed by atoms with van der Waals surface area (Å²) in [5.41, 5.74) is -0.591. The summed E-state index contributed by atoms with van der Waals surface area (Å²) < 4.78 is 38.1. The number of aromatic nitrogens is 7. The fraction of sp³-hybridized carbons (Fsp3) is 0.333. The zero-order valence-electron chi connectivity index (χ0n) is 21.0. The Kier molecular flexibility index (Phi) is 6.46. The van der Waals surface area contributed by atoms with Gasteiger partial charge >= 0.3 is 5.76 Å². The van der Waals surface area contributed by atoms with Crippen molar-refractivity contribution in [3.05, 3.63) is 75.8 Å². The molecule has 0 spiro atoms. The Morgan fingerprint density at radius 1 is 1.21 bits per heavy atom. The van der Waals surface area contributed by atoms with E-state index in [1.165, 1.54) is 31.5 Å². The molecule has 1 atom stereocenters. The lowest BCUT2D eigenvalue weighted by atomic mass is 9.89. The number of nitrogens with zero attached hydrogens (tertiary/aromatic N) is 6. The highest BCUT2D eigenvalue weighted by molar-refractivity contribution is 6.30. The second-order valence-corrected chi connectivity index (χ2v) is 10.4. The van der Waals surface area contributed by atoms with Gasteiger partial charge in [-0.05, 0) is 49.9 Å². The fourth-order valence-corrected chi connectivity index (χ4v) is 5.54. The van der Waals surface area contributed by atoms with Crippen molar-refractivity contribution < 1.29 is 13.3 Å². The van der Waals surface area contributed by atoms with Gasteiger partial charge in [0.1, 0.15) is 17.2 Å². The molecule has 0 radical (unpaired) electrons. The number of imidazole rings is 1. The standard InChI is InChI=1S/C27H24ClF2N7O2/c1-27(30,23-18(29)8-5-9-32-23)25-34-19-11-20(24-35-26(38)39-36-24)33-21(16-10-17(28)13-31-12-16)22(19)37(25)14-15-6-3-2-4-7-15/h5,8-13,15H,2-4,6-7,14H2,1H3,(H,35,36,38)/t27-/m0/s1. The van der Waals surface area contributed by atoms with Crippen molar-refractivity contribution in [3.63, 3.8) is 0 Å². The van der Waals surface area contributed by atoms with Crippen LogP contribution >= 0.6 is 11.6 Å². The van der Waals surface area contributed by atoms with Crippen LogP contribution in [0.1, 0.15) is 50.5 Å². The van der Waals surface area contributed by atoms with E-state index in [9.17, 15) is 9.18 Å². The minimum absolute atomic E-state index is 0.00417. The molecular weight excluding hydrogens is 528 g/mol. The van der Waals surface area contributed by atoms with Crippen molar-refractivity contribution >= 4 is 22.6 Å². The molecule has 5 heterocycles. The number of alkyl halides is 1. The topological polar surface area (TPSA) is 115 Å². The summed E-state index contributed by atoms with van der Waals surface area (Å²) in [5.74, 6) is -1.15. The van der Waals surface area contributed by atoms with Gasteiger partial charge in [0.15, 0.2) is 5.82 Å². The first-order chi connectivity index (χ1) is 18.8. The second-order valence-electron chi connectivity index (χ2n) is 9.95. The summed E-state index contributed by atoms with van der Waals surface area (Å²) in [4.78, 5) is 31.9. The van der Waals surface area contributed by atoms with Crippen molar-refractivity contribution in [2.45, 2.75) is 51.2 Å². The molecule has 39 heavy (non-hydrogen) atoms. The molecule has 0 amide bonds. The van der Waals surface area contributed by atoms with Crippen molar-refractivity contribution in [1.29, 1.82) is 0 Å². The zero-order chi connectivity index (χ0) is 27.1. The predicted molar refractivity (Wildman–Crippen MR) is 140 cm³/mol. The molecule has 0 bridgehead atoms. The van der Waals surface area contributed by atoms with E-state index in [4.69, 9.17) is 21.6 Å². The zero-order valence-corrected chi connectivity index (χ0v) is 21.8. The number of hydrogen-bond donors (Lipinski definition) is 1. The Balaban J connectivity index is 1.65. The number of fused-ring (bicyclic) bond motifs is 1. The summed E-state index contributed by atoms with van der Waals surface area (Å²) >= 11 is 6.28. The van der Waals surface area contributed by atoms with Crippen LogP contribution in [0.2, 0.25) is 5.02 Å². The lowest BCUT2D eigenvalue weighted by molar-refractivity contribution is 0.207. The first-order valence-corrected chi connectivity index (χ1v) is 13.1. The molecule has 0 aliphatic heterocycles. The molecule has 1 fully saturated rings. The molecule has 1 N–H and O–H groups in total. The second kappa shape index (κ2) is 9.96. The van der Waals surface area contributed by atoms with Crippen molar-refractivity contribution in [2.24, 2.45) is 5.92 Å². The van der Waals surface area contributed by atoms with Crippen LogP contribution < -0.4 is 5.76 Å². The van der Waals surface area contributed by atoms with E-state index in [0.717, 1.165) is 32.1 Å². The number of rotatable bonds is 6. The van der Waals surface area contributed by atoms with Crippen LogP contribution in [-0.4, -0.2) is 34.6 Å². The summed E-state index contributed by atoms with van der Waals surface area (Å²) in [6.45, 7) is 1.73. The van der Waals surface area contributed by atoms with Gasteiger partial charge in [-0.1, -0.05) is 36.0 Å². The summed E-state index contributed by atoms with van der Waals surface area (Å²) in [6, 6.07) is 5.88. The number of aromatic amines is 1. The highest BCUT2D eigenvalue weighted by atomic mass is 35.5. The predicted octanol–water partition coefficient (Wildman–Crippen LogP) is 5.84. The third-order valence-electron chi connectivity index (χ3n) is 7.17. The van der Waals surface area contributed by atoms with Crippen LogP contribution in [0.15, 0.2) is 52.2 Å². The first-order valence-electron chi connectivity index (χ1n) is 12.7. The van der Waals surface area contributed by atoms with E-state index < -0.39 is 17.2 Å². The number of pyridine rings is 3. The van der Waals surface area contributed by atoms with Crippen LogP contribution in [0.4, 0.5) is 8.78 Å². The molecule has 1 aliphatic rings. The Morgan fingerprint density at radius 3 is 2.74 bits per heavy atom. The highest BCUT2D eigenvalue weighted by Gasteiger charge is 2.39. The molecular formula is C27H24ClF2N7O2. The smallest absolute Gasteiger partial charge is 0.323 e. The van der Waals surface area contributed by atoms with Crippen LogP contribution in [-0.2, 0) is 12.2 Å². The molecule has 5 aromatic rings. The van der Waals surface area contributed by atoms with Gasteiger partial charge in [-0.25, -0.2) is 23.5 Å². The molecule has 5 aromatic heterocycles. The van der Waals surface area contributed by atoms with Crippen LogP contribution in [0.25, 0.3) is 33.8 Å². The number of nitrogens with one attached hydrogen (secondary N) is 1. The van der Waals surface area contributed by atoms with E-state index >= 15 is 4.39 Å². The summed E-state index contributed by atoms with van der Waals surface area (Å²) in [6.07, 6.45) is 9.74. The Labute approximate surface area is 226 Å². The number of halogens is 3. The van der Waals surface area contributed by atoms with Crippen LogP contribution in [0.5, 0.6) is 0 Å². The molecule has 0 aromatic carbocycles. The summed E-state index contributed by atoms with van der Waals surface area (Å²) in [7, 11) is 0. The quantitative estimate of drug-likeness (QED) is 0.282. The maximum absolute atomic E-state index is 16.8. The van der Waals surface area contributed by atoms with E-state index in [-0.39, 0.29) is 29.0 Å². The van der Waals surface area contributed by atoms with Gasteiger partial charge < -0.3 is 4.57 Å². The maximum Gasteiger partial charge on any atom is 0.439 e. The molecule has 0 saturated heterocycles. The monoisotopic (exact) mass is 551 g/mol. The van der Waals surface area contributed by atoms with Crippen molar-refractivity contribution in [1.82, 2.24) is 34.6 Å². The first kappa shape index (κ1) is 25.3. The van der Waals surface area contributed by atoms with Gasteiger partial charge in [-0.15, -0.1) is 0 Å². The molecule has 1 saturated carbocycles. The van der Waals surface area contributed by atoms with Crippen molar-refractivity contribution in [3.8, 4) is 22.8 Å². The Morgan fingerprint density at radius 2 is 2.03 bits per heavy atom. The third kappa shape index (κ3) is 4.71. The number of hydrogen-bond acceptors (Lipinski definition) is 7. The molecule has 12 heteroatoms. The maximum atomic E-state index is 16.8. The number of H-pyrrole nitrogens is 1. The molecule has 0 unspecified atom stereocenters. The summed E-state index contributed by atoms with van der Waals surface area (Å²) in [5, 5.41) is 4.14. The van der Waals surface area contributed by atoms with E-state index in [2.05, 4.69) is 24.6 Å². The SMILES string of the molecule is C[C@](F)(c1ncccc1F)c1nc2cc(-c3noc(=O)[nH]3)nc(-c3cncc(Cl)c3)c2n1CC1CCCCC1. The van der Waals surface area contributed by atoms with E-state index in [1.54, 1.807) is 22.9 Å². The van der Waals surface area contributed by atoms with Gasteiger partial charge in [0.05, 0.1) is 21.7 Å². The fourth-order valence-electron chi connectivity index (χ4n) is 5.36. The lowest BCUT2D eigenvalue weighted by Crippen LogP contribution is -2.27. The third-order valence-corrected chi connectivity index (χ3v) is 7.38. The van der Waals surface area contributed by atoms with Crippen molar-refractivity contribution in [2.75, 3.05) is 0 Å². The molecule has 6 rings (SSSR count). The van der Waals surface area contributed by atoms with Gasteiger partial charge in [-0.3, -0.25) is 19.5 Å². The van der Waals surface area contributed by atoms with E-state index in [1.807, 2.05) is 0 Å². The molecule has 200 valence electrons. The van der Waals surface area contributed by atoms with Crippen LogP contribution in [0.3, 0.4) is 0 Å². The van der Waals surface area contributed by atoms with Gasteiger partial charge in [0.2, 0.25) is 11.5 Å². The minimum Gasteiger partial charge on any atom is -0.323 e. The average Bonchev–Trinajstić information content (AvgIpc) is 3.53. The van der Waals surface area contributed by atoms with Gasteiger partial charge in [0.25, 0.3) is 0 Å². The molecule has 1 aliphatic carbocycles. The largest absolute Gasteiger partial charge is 0.439 e. The highest BCUT2D eigenvalue weighted by Crippen LogP contribution is 2.40. The van der Waals surface area contributed by atoms with Gasteiger partial charge in [-0.2, -0.15) is 0 Å². The van der Waals surface area contributed by atoms with Gasteiger partial charge in [0, 0.05) is 30.7 Å². The Hall–Kier alpha value is -3.99. The normalized spacial score (nSPS) is 16.0. The van der Waals surface area contributed by atoms with Crippen LogP contribution in [0, 0.1) is 11.7 Å². The lowest BCUT2D eigenvalue weighted by Gasteiger charge is -2.26. The minimum atomic E-state index is -2.37. The molecule has 9 nitrogen and oxygen atoms in total. The Bertz CT molecular complexity index is 1720. The average molecular weight is 552 g/mol.